The van der Waals surface area contributed by atoms with Crippen molar-refractivity contribution in [3.8, 4) is 11.4 Å². The van der Waals surface area contributed by atoms with Gasteiger partial charge < -0.3 is 9.84 Å². The highest BCUT2D eigenvalue weighted by atomic mass is 16.5. The van der Waals surface area contributed by atoms with Gasteiger partial charge in [-0.2, -0.15) is 10.1 Å². The average molecular weight is 339 g/mol. The minimum absolute atomic E-state index is 0.00166. The fourth-order valence-corrected chi connectivity index (χ4v) is 2.48. The molecule has 2 heterocycles. The highest BCUT2D eigenvalue weighted by Gasteiger charge is 2.12. The zero-order chi connectivity index (χ0) is 17.6. The van der Waals surface area contributed by atoms with Crippen molar-refractivity contribution in [1.82, 2.24) is 25.2 Å². The van der Waals surface area contributed by atoms with E-state index in [2.05, 4.69) is 20.6 Å². The summed E-state index contributed by atoms with van der Waals surface area (Å²) < 4.78 is 7.02. The van der Waals surface area contributed by atoms with Crippen molar-refractivity contribution < 1.29 is 9.32 Å². The topological polar surface area (TPSA) is 85.8 Å². The lowest BCUT2D eigenvalue weighted by Crippen LogP contribution is -2.35. The Morgan fingerprint density at radius 1 is 1.32 bits per heavy atom. The summed E-state index contributed by atoms with van der Waals surface area (Å²) in [7, 11) is 0. The van der Waals surface area contributed by atoms with E-state index in [-0.39, 0.29) is 11.9 Å². The van der Waals surface area contributed by atoms with Crippen molar-refractivity contribution >= 4 is 5.91 Å². The second-order valence-electron chi connectivity index (χ2n) is 6.07. The highest BCUT2D eigenvalue weighted by molar-refractivity contribution is 5.76. The Balaban J connectivity index is 1.48. The lowest BCUT2D eigenvalue weighted by Gasteiger charge is -2.13. The molecule has 0 radical (unpaired) electrons. The van der Waals surface area contributed by atoms with Crippen LogP contribution in [0, 0.1) is 6.92 Å². The van der Waals surface area contributed by atoms with E-state index >= 15 is 0 Å². The van der Waals surface area contributed by atoms with Crippen LogP contribution in [0.15, 0.2) is 47.2 Å². The second kappa shape index (κ2) is 7.74. The molecular weight excluding hydrogens is 318 g/mol. The minimum Gasteiger partial charge on any atom is -0.352 e. The van der Waals surface area contributed by atoms with E-state index in [1.165, 1.54) is 5.56 Å². The number of amides is 1. The summed E-state index contributed by atoms with van der Waals surface area (Å²) in [5, 5.41) is 11.0. The molecule has 1 aromatic carbocycles. The molecule has 0 spiro atoms. The van der Waals surface area contributed by atoms with Crippen molar-refractivity contribution in [2.45, 2.75) is 39.3 Å². The minimum atomic E-state index is -0.0465. The maximum atomic E-state index is 12.0. The van der Waals surface area contributed by atoms with Gasteiger partial charge in [-0.05, 0) is 19.9 Å². The number of carbonyl (C=O) groups excluding carboxylic acids is 1. The van der Waals surface area contributed by atoms with Gasteiger partial charge in [0.1, 0.15) is 0 Å². The van der Waals surface area contributed by atoms with Crippen LogP contribution >= 0.6 is 0 Å². The summed E-state index contributed by atoms with van der Waals surface area (Å²) in [4.78, 5) is 16.4. The van der Waals surface area contributed by atoms with Gasteiger partial charge in [-0.15, -0.1) is 0 Å². The molecule has 1 atom stereocenters. The number of rotatable bonds is 7. The molecule has 7 heteroatoms. The predicted octanol–water partition coefficient (Wildman–Crippen LogP) is 2.38. The predicted molar refractivity (Wildman–Crippen MR) is 92.6 cm³/mol. The van der Waals surface area contributed by atoms with E-state index in [0.29, 0.717) is 31.1 Å². The first-order valence-electron chi connectivity index (χ1n) is 8.26. The van der Waals surface area contributed by atoms with Crippen molar-refractivity contribution in [3.63, 3.8) is 0 Å². The van der Waals surface area contributed by atoms with E-state index in [0.717, 1.165) is 5.56 Å². The summed E-state index contributed by atoms with van der Waals surface area (Å²) in [6.45, 7) is 4.61. The molecule has 0 saturated carbocycles. The number of aromatic nitrogens is 4. The standard InChI is InChI=1S/C18H21N5O2/c1-13-4-6-15(7-5-13)18-21-17(25-22-18)9-8-16(24)20-14(2)12-23-11-3-10-19-23/h3-7,10-11,14H,8-9,12H2,1-2H3,(H,20,24). The first-order valence-corrected chi connectivity index (χ1v) is 8.26. The van der Waals surface area contributed by atoms with E-state index in [1.807, 2.05) is 50.4 Å². The summed E-state index contributed by atoms with van der Waals surface area (Å²) in [6.07, 6.45) is 4.31. The Labute approximate surface area is 146 Å². The third-order valence-corrected chi connectivity index (χ3v) is 3.77. The Kier molecular flexibility index (Phi) is 5.23. The molecule has 3 rings (SSSR count). The number of nitrogens with one attached hydrogen (secondary N) is 1. The van der Waals surface area contributed by atoms with Crippen LogP contribution in [0.5, 0.6) is 0 Å². The second-order valence-corrected chi connectivity index (χ2v) is 6.07. The van der Waals surface area contributed by atoms with Gasteiger partial charge >= 0.3 is 0 Å². The highest BCUT2D eigenvalue weighted by Crippen LogP contribution is 2.16. The van der Waals surface area contributed by atoms with Gasteiger partial charge in [0, 0.05) is 36.8 Å². The lowest BCUT2D eigenvalue weighted by molar-refractivity contribution is -0.121. The number of carbonyl (C=O) groups is 1. The van der Waals surface area contributed by atoms with E-state index in [1.54, 1.807) is 10.9 Å². The monoisotopic (exact) mass is 339 g/mol. The molecule has 1 amide bonds. The smallest absolute Gasteiger partial charge is 0.227 e. The zero-order valence-electron chi connectivity index (χ0n) is 14.3. The first kappa shape index (κ1) is 16.9. The molecule has 0 saturated heterocycles. The van der Waals surface area contributed by atoms with Gasteiger partial charge in [-0.1, -0.05) is 35.0 Å². The molecule has 0 aliphatic heterocycles. The van der Waals surface area contributed by atoms with Crippen molar-refractivity contribution in [2.75, 3.05) is 0 Å². The molecule has 0 fully saturated rings. The van der Waals surface area contributed by atoms with E-state index < -0.39 is 0 Å². The number of hydrogen-bond donors (Lipinski definition) is 1. The summed E-state index contributed by atoms with van der Waals surface area (Å²) in [5.41, 5.74) is 2.08. The molecule has 25 heavy (non-hydrogen) atoms. The van der Waals surface area contributed by atoms with Crippen molar-refractivity contribution in [3.05, 3.63) is 54.2 Å². The molecule has 0 aliphatic rings. The number of hydrogen-bond acceptors (Lipinski definition) is 5. The molecule has 7 nitrogen and oxygen atoms in total. The maximum Gasteiger partial charge on any atom is 0.227 e. The Bertz CT molecular complexity index is 808. The SMILES string of the molecule is Cc1ccc(-c2noc(CCC(=O)NC(C)Cn3cccn3)n2)cc1. The molecule has 2 aromatic heterocycles. The van der Waals surface area contributed by atoms with E-state index in [9.17, 15) is 4.79 Å². The lowest BCUT2D eigenvalue weighted by atomic mass is 10.1. The van der Waals surface area contributed by atoms with Gasteiger partial charge in [-0.3, -0.25) is 9.48 Å². The van der Waals surface area contributed by atoms with Crippen molar-refractivity contribution in [2.24, 2.45) is 0 Å². The fraction of sp³-hybridized carbons (Fsp3) is 0.333. The average Bonchev–Trinajstić information content (AvgIpc) is 3.25. The third-order valence-electron chi connectivity index (χ3n) is 3.77. The molecular formula is C18H21N5O2. The van der Waals surface area contributed by atoms with Crippen LogP contribution in [0.2, 0.25) is 0 Å². The summed E-state index contributed by atoms with van der Waals surface area (Å²) in [6, 6.07) is 9.76. The zero-order valence-corrected chi connectivity index (χ0v) is 14.3. The van der Waals surface area contributed by atoms with Gasteiger partial charge in [0.25, 0.3) is 0 Å². The Morgan fingerprint density at radius 3 is 2.84 bits per heavy atom. The van der Waals surface area contributed by atoms with Gasteiger partial charge in [0.05, 0.1) is 6.54 Å². The first-order chi connectivity index (χ1) is 12.1. The normalized spacial score (nSPS) is 12.1. The van der Waals surface area contributed by atoms with Crippen LogP contribution in [-0.4, -0.2) is 31.9 Å². The Morgan fingerprint density at radius 2 is 2.12 bits per heavy atom. The van der Waals surface area contributed by atoms with Gasteiger partial charge in [0.15, 0.2) is 0 Å². The quantitative estimate of drug-likeness (QED) is 0.714. The van der Waals surface area contributed by atoms with Crippen LogP contribution in [0.1, 0.15) is 24.8 Å². The summed E-state index contributed by atoms with van der Waals surface area (Å²) in [5.74, 6) is 0.961. The molecule has 1 N–H and O–H groups in total. The number of nitrogens with zero attached hydrogens (tertiary/aromatic N) is 4. The maximum absolute atomic E-state index is 12.0. The summed E-state index contributed by atoms with van der Waals surface area (Å²) >= 11 is 0. The van der Waals surface area contributed by atoms with E-state index in [4.69, 9.17) is 4.52 Å². The van der Waals surface area contributed by atoms with Crippen LogP contribution in [0.25, 0.3) is 11.4 Å². The van der Waals surface area contributed by atoms with Crippen LogP contribution in [-0.2, 0) is 17.8 Å². The molecule has 3 aromatic rings. The van der Waals surface area contributed by atoms with Crippen LogP contribution in [0.3, 0.4) is 0 Å². The van der Waals surface area contributed by atoms with Gasteiger partial charge in [0.2, 0.25) is 17.6 Å². The van der Waals surface area contributed by atoms with Crippen LogP contribution in [0.4, 0.5) is 0 Å². The fourth-order valence-electron chi connectivity index (χ4n) is 2.48. The number of benzene rings is 1. The van der Waals surface area contributed by atoms with Crippen LogP contribution < -0.4 is 5.32 Å². The van der Waals surface area contributed by atoms with Crippen molar-refractivity contribution in [1.29, 1.82) is 0 Å². The molecule has 0 bridgehead atoms. The third kappa shape index (κ3) is 4.76. The molecule has 1 unspecified atom stereocenters. The number of aryl methyl sites for hydroxylation is 2. The molecule has 130 valence electrons. The Hall–Kier alpha value is -2.96. The van der Waals surface area contributed by atoms with Gasteiger partial charge in [-0.25, -0.2) is 0 Å². The largest absolute Gasteiger partial charge is 0.352 e. The molecule has 0 aliphatic carbocycles.